The van der Waals surface area contributed by atoms with Crippen LogP contribution in [0, 0.1) is 0 Å². The third-order valence-electron chi connectivity index (χ3n) is 3.69. The Balaban J connectivity index is 0.00000312. The van der Waals surface area contributed by atoms with Crippen LogP contribution in [0.4, 0.5) is 0 Å². The van der Waals surface area contributed by atoms with Gasteiger partial charge in [0.05, 0.1) is 0 Å². The number of rotatable bonds is 10. The van der Waals surface area contributed by atoms with Crippen molar-refractivity contribution < 1.29 is 9.84 Å². The molecule has 0 amide bonds. The number of hydrogen-bond acceptors (Lipinski definition) is 3. The van der Waals surface area contributed by atoms with Gasteiger partial charge in [0.25, 0.3) is 0 Å². The summed E-state index contributed by atoms with van der Waals surface area (Å²) in [6.45, 7) is 2.27. The molecule has 3 nitrogen and oxygen atoms in total. The minimum absolute atomic E-state index is 0. The van der Waals surface area contributed by atoms with Crippen molar-refractivity contribution in [3.8, 4) is 5.75 Å². The second kappa shape index (κ2) is 12.4. The molecule has 2 N–H and O–H groups in total. The first kappa shape index (κ1) is 22.1. The highest BCUT2D eigenvalue weighted by molar-refractivity contribution is 6.31. The van der Waals surface area contributed by atoms with E-state index in [-0.39, 0.29) is 19.0 Å². The lowest BCUT2D eigenvalue weighted by Gasteiger charge is -2.13. The van der Waals surface area contributed by atoms with Crippen LogP contribution in [0.5, 0.6) is 5.75 Å². The smallest absolute Gasteiger partial charge is 0.124 e. The van der Waals surface area contributed by atoms with Crippen LogP contribution in [-0.2, 0) is 13.2 Å². The van der Waals surface area contributed by atoms with Crippen molar-refractivity contribution in [1.29, 1.82) is 0 Å². The average Bonchev–Trinajstić information content (AvgIpc) is 2.58. The van der Waals surface area contributed by atoms with Crippen LogP contribution in [0.1, 0.15) is 30.4 Å². The maximum Gasteiger partial charge on any atom is 0.124 e. The second-order valence-corrected chi connectivity index (χ2v) is 6.44. The van der Waals surface area contributed by atoms with Gasteiger partial charge in [-0.2, -0.15) is 0 Å². The molecular weight excluding hydrogens is 381 g/mol. The number of hydrogen-bond donors (Lipinski definition) is 2. The van der Waals surface area contributed by atoms with E-state index in [4.69, 9.17) is 33.0 Å². The highest BCUT2D eigenvalue weighted by atomic mass is 35.5. The SMILES string of the molecule is Cl.OCCCCCNCc1cc(Cl)ccc1OCc1ccccc1Cl. The number of unbranched alkanes of at least 4 members (excludes halogenated alkanes) is 2. The van der Waals surface area contributed by atoms with E-state index < -0.39 is 0 Å². The standard InChI is InChI=1S/C19H23Cl2NO2.ClH/c20-17-8-9-19(24-14-15-6-2-3-7-18(15)21)16(12-17)13-22-10-4-1-5-11-23;/h2-3,6-9,12,22-23H,1,4-5,10-11,13-14H2;1H. The van der Waals surface area contributed by atoms with Crippen LogP contribution < -0.4 is 10.1 Å². The molecule has 0 aliphatic carbocycles. The molecule has 0 aliphatic rings. The van der Waals surface area contributed by atoms with E-state index in [0.29, 0.717) is 23.2 Å². The number of ether oxygens (including phenoxy) is 1. The molecule has 0 spiro atoms. The van der Waals surface area contributed by atoms with Crippen molar-refractivity contribution in [2.75, 3.05) is 13.2 Å². The van der Waals surface area contributed by atoms with Crippen LogP contribution in [0.15, 0.2) is 42.5 Å². The largest absolute Gasteiger partial charge is 0.489 e. The zero-order valence-corrected chi connectivity index (χ0v) is 16.3. The van der Waals surface area contributed by atoms with Crippen LogP contribution in [0.2, 0.25) is 10.0 Å². The molecular formula is C19H24Cl3NO2. The summed E-state index contributed by atoms with van der Waals surface area (Å²) in [5.41, 5.74) is 1.98. The first-order valence-corrected chi connectivity index (χ1v) is 8.92. The van der Waals surface area contributed by atoms with Crippen LogP contribution >= 0.6 is 35.6 Å². The van der Waals surface area contributed by atoms with E-state index in [1.807, 2.05) is 42.5 Å². The Morgan fingerprint density at radius 1 is 0.960 bits per heavy atom. The number of aliphatic hydroxyl groups is 1. The lowest BCUT2D eigenvalue weighted by atomic mass is 10.2. The van der Waals surface area contributed by atoms with Gasteiger partial charge in [-0.15, -0.1) is 12.4 Å². The average molecular weight is 405 g/mol. The van der Waals surface area contributed by atoms with E-state index in [2.05, 4.69) is 5.32 Å². The number of halogens is 3. The molecule has 25 heavy (non-hydrogen) atoms. The highest BCUT2D eigenvalue weighted by Gasteiger charge is 2.07. The van der Waals surface area contributed by atoms with Crippen molar-refractivity contribution in [2.24, 2.45) is 0 Å². The number of aliphatic hydroxyl groups excluding tert-OH is 1. The van der Waals surface area contributed by atoms with Crippen molar-refractivity contribution in [3.63, 3.8) is 0 Å². The van der Waals surface area contributed by atoms with E-state index in [9.17, 15) is 0 Å². The molecule has 0 radical (unpaired) electrons. The normalized spacial score (nSPS) is 10.4. The Morgan fingerprint density at radius 3 is 2.52 bits per heavy atom. The fourth-order valence-corrected chi connectivity index (χ4v) is 2.74. The van der Waals surface area contributed by atoms with Gasteiger partial charge in [0.15, 0.2) is 0 Å². The van der Waals surface area contributed by atoms with Gasteiger partial charge >= 0.3 is 0 Å². The molecule has 0 atom stereocenters. The zero-order chi connectivity index (χ0) is 17.2. The molecule has 0 fully saturated rings. The van der Waals surface area contributed by atoms with Crippen molar-refractivity contribution in [3.05, 3.63) is 63.6 Å². The molecule has 2 rings (SSSR count). The quantitative estimate of drug-likeness (QED) is 0.532. The molecule has 0 aromatic heterocycles. The summed E-state index contributed by atoms with van der Waals surface area (Å²) in [7, 11) is 0. The van der Waals surface area contributed by atoms with Gasteiger partial charge in [0.2, 0.25) is 0 Å². The maximum absolute atomic E-state index is 8.78. The molecule has 0 saturated heterocycles. The van der Waals surface area contributed by atoms with E-state index in [1.165, 1.54) is 0 Å². The summed E-state index contributed by atoms with van der Waals surface area (Å²) in [5, 5.41) is 13.6. The third-order valence-corrected chi connectivity index (χ3v) is 4.29. The molecule has 0 unspecified atom stereocenters. The molecule has 0 aliphatic heterocycles. The Kier molecular flexibility index (Phi) is 10.9. The van der Waals surface area contributed by atoms with Gasteiger partial charge in [-0.25, -0.2) is 0 Å². The van der Waals surface area contributed by atoms with E-state index in [0.717, 1.165) is 42.7 Å². The van der Waals surface area contributed by atoms with Gasteiger partial charge < -0.3 is 15.2 Å². The number of benzene rings is 2. The first-order chi connectivity index (χ1) is 11.7. The second-order valence-electron chi connectivity index (χ2n) is 5.59. The fraction of sp³-hybridized carbons (Fsp3) is 0.368. The van der Waals surface area contributed by atoms with Gasteiger partial charge in [-0.3, -0.25) is 0 Å². The molecule has 138 valence electrons. The van der Waals surface area contributed by atoms with Gasteiger partial charge in [0.1, 0.15) is 12.4 Å². The fourth-order valence-electron chi connectivity index (χ4n) is 2.36. The molecule has 2 aromatic carbocycles. The number of nitrogens with one attached hydrogen (secondary N) is 1. The molecule has 0 heterocycles. The summed E-state index contributed by atoms with van der Waals surface area (Å²) in [4.78, 5) is 0. The summed E-state index contributed by atoms with van der Waals surface area (Å²) in [6, 6.07) is 13.3. The van der Waals surface area contributed by atoms with Crippen molar-refractivity contribution in [2.45, 2.75) is 32.4 Å². The monoisotopic (exact) mass is 403 g/mol. The predicted molar refractivity (Wildman–Crippen MR) is 107 cm³/mol. The Morgan fingerprint density at radius 2 is 1.76 bits per heavy atom. The Bertz CT molecular complexity index is 638. The van der Waals surface area contributed by atoms with E-state index >= 15 is 0 Å². The predicted octanol–water partition coefficient (Wildman–Crippen LogP) is 5.25. The van der Waals surface area contributed by atoms with Crippen LogP contribution in [-0.4, -0.2) is 18.3 Å². The first-order valence-electron chi connectivity index (χ1n) is 8.17. The van der Waals surface area contributed by atoms with Gasteiger partial charge in [-0.1, -0.05) is 41.4 Å². The summed E-state index contributed by atoms with van der Waals surface area (Å²) < 4.78 is 5.94. The van der Waals surface area contributed by atoms with Crippen LogP contribution in [0.25, 0.3) is 0 Å². The summed E-state index contributed by atoms with van der Waals surface area (Å²) in [5.74, 6) is 0.808. The minimum Gasteiger partial charge on any atom is -0.489 e. The summed E-state index contributed by atoms with van der Waals surface area (Å²) in [6.07, 6.45) is 2.91. The minimum atomic E-state index is 0. The lowest BCUT2D eigenvalue weighted by molar-refractivity contribution is 0.282. The topological polar surface area (TPSA) is 41.5 Å². The molecule has 0 saturated carbocycles. The van der Waals surface area contributed by atoms with Gasteiger partial charge in [-0.05, 0) is 50.1 Å². The Labute approximate surface area is 165 Å². The molecule has 6 heteroatoms. The molecule has 2 aromatic rings. The Hall–Kier alpha value is -0.970. The zero-order valence-electron chi connectivity index (χ0n) is 14.0. The maximum atomic E-state index is 8.78. The van der Waals surface area contributed by atoms with Crippen molar-refractivity contribution in [1.82, 2.24) is 5.32 Å². The summed E-state index contributed by atoms with van der Waals surface area (Å²) >= 11 is 12.3. The van der Waals surface area contributed by atoms with E-state index in [1.54, 1.807) is 0 Å². The van der Waals surface area contributed by atoms with Crippen molar-refractivity contribution >= 4 is 35.6 Å². The van der Waals surface area contributed by atoms with Crippen LogP contribution in [0.3, 0.4) is 0 Å². The molecule has 0 bridgehead atoms. The lowest BCUT2D eigenvalue weighted by Crippen LogP contribution is -2.15. The van der Waals surface area contributed by atoms with Gasteiger partial charge in [0, 0.05) is 34.3 Å². The third kappa shape index (κ3) is 7.85. The highest BCUT2D eigenvalue weighted by Crippen LogP contribution is 2.25.